The van der Waals surface area contributed by atoms with Gasteiger partial charge in [-0.3, -0.25) is 0 Å². The Morgan fingerprint density at radius 3 is 2.68 bits per heavy atom. The molecule has 1 aromatic carbocycles. The van der Waals surface area contributed by atoms with Gasteiger partial charge in [-0.2, -0.15) is 0 Å². The van der Waals surface area contributed by atoms with Crippen molar-refractivity contribution in [3.8, 4) is 0 Å². The monoisotopic (exact) mass is 349 g/mol. The first-order chi connectivity index (χ1) is 9.78. The number of benzene rings is 1. The van der Waals surface area contributed by atoms with Gasteiger partial charge in [-0.15, -0.1) is 24.8 Å². The van der Waals surface area contributed by atoms with E-state index in [1.165, 1.54) is 12.1 Å². The van der Waals surface area contributed by atoms with Crippen LogP contribution in [0, 0.1) is 5.82 Å². The maximum Gasteiger partial charge on any atom is 0.147 e. The lowest BCUT2D eigenvalue weighted by atomic mass is 9.92. The summed E-state index contributed by atoms with van der Waals surface area (Å²) in [6, 6.07) is 4.68. The predicted molar refractivity (Wildman–Crippen MR) is 90.5 cm³/mol. The summed E-state index contributed by atoms with van der Waals surface area (Å²) in [5.74, 6) is 1.03. The molecule has 22 heavy (non-hydrogen) atoms. The Morgan fingerprint density at radius 1 is 1.27 bits per heavy atom. The summed E-state index contributed by atoms with van der Waals surface area (Å²) >= 11 is 0. The van der Waals surface area contributed by atoms with Crippen LogP contribution in [0.4, 0.5) is 4.39 Å². The number of aromatic nitrogens is 1. The summed E-state index contributed by atoms with van der Waals surface area (Å²) in [7, 11) is 0. The second-order valence-corrected chi connectivity index (χ2v) is 5.47. The molecule has 1 aromatic heterocycles. The van der Waals surface area contributed by atoms with Crippen molar-refractivity contribution in [3.05, 3.63) is 29.8 Å². The van der Waals surface area contributed by atoms with Gasteiger partial charge in [0, 0.05) is 17.4 Å². The number of halogens is 3. The number of hydrogen-bond donors (Lipinski definition) is 1. The van der Waals surface area contributed by atoms with Gasteiger partial charge in [0.1, 0.15) is 17.1 Å². The summed E-state index contributed by atoms with van der Waals surface area (Å²) in [5.41, 5.74) is 6.16. The third kappa shape index (κ3) is 4.10. The van der Waals surface area contributed by atoms with Crippen molar-refractivity contribution < 1.29 is 8.91 Å². The predicted octanol–water partition coefficient (Wildman–Crippen LogP) is 3.34. The second kappa shape index (κ2) is 8.67. The number of hydrogen-bond acceptors (Lipinski definition) is 4. The third-order valence-corrected chi connectivity index (χ3v) is 4.10. The van der Waals surface area contributed by atoms with E-state index in [1.807, 2.05) is 0 Å². The van der Waals surface area contributed by atoms with Gasteiger partial charge in [-0.25, -0.2) is 4.39 Å². The first-order valence-corrected chi connectivity index (χ1v) is 7.25. The Morgan fingerprint density at radius 2 is 2.00 bits per heavy atom. The molecule has 2 aromatic rings. The molecule has 2 heterocycles. The van der Waals surface area contributed by atoms with Crippen LogP contribution in [0.15, 0.2) is 22.7 Å². The fourth-order valence-electron chi connectivity index (χ4n) is 2.96. The van der Waals surface area contributed by atoms with Crippen LogP contribution in [0.5, 0.6) is 0 Å². The van der Waals surface area contributed by atoms with Crippen molar-refractivity contribution in [2.24, 2.45) is 5.73 Å². The minimum absolute atomic E-state index is 0. The van der Waals surface area contributed by atoms with Crippen LogP contribution in [0.2, 0.25) is 0 Å². The molecule has 3 rings (SSSR count). The molecule has 1 aliphatic heterocycles. The van der Waals surface area contributed by atoms with Crippen LogP contribution in [0.25, 0.3) is 10.9 Å². The molecule has 0 atom stereocenters. The molecular weight excluding hydrogens is 328 g/mol. The molecule has 2 N–H and O–H groups in total. The van der Waals surface area contributed by atoms with Crippen molar-refractivity contribution in [2.75, 3.05) is 26.2 Å². The summed E-state index contributed by atoms with van der Waals surface area (Å²) < 4.78 is 18.6. The quantitative estimate of drug-likeness (QED) is 0.919. The lowest BCUT2D eigenvalue weighted by molar-refractivity contribution is 0.197. The van der Waals surface area contributed by atoms with E-state index >= 15 is 0 Å². The van der Waals surface area contributed by atoms with E-state index in [4.69, 9.17) is 10.3 Å². The van der Waals surface area contributed by atoms with E-state index < -0.39 is 0 Å². The molecular formula is C15H22Cl2FN3O. The number of nitrogens with two attached hydrogens (primary N) is 1. The number of piperidine rings is 1. The Hall–Kier alpha value is -0.880. The molecule has 0 aliphatic carbocycles. The summed E-state index contributed by atoms with van der Waals surface area (Å²) in [6.07, 6.45) is 3.17. The van der Waals surface area contributed by atoms with Crippen LogP contribution < -0.4 is 5.73 Å². The summed E-state index contributed by atoms with van der Waals surface area (Å²) in [5, 5.41) is 4.93. The highest BCUT2D eigenvalue weighted by Gasteiger charge is 2.25. The molecule has 0 spiro atoms. The van der Waals surface area contributed by atoms with Crippen molar-refractivity contribution >= 4 is 35.7 Å². The number of nitrogens with zero attached hydrogens (tertiary/aromatic N) is 2. The van der Waals surface area contributed by atoms with E-state index in [9.17, 15) is 4.39 Å². The first kappa shape index (κ1) is 19.2. The highest BCUT2D eigenvalue weighted by Crippen LogP contribution is 2.33. The van der Waals surface area contributed by atoms with Gasteiger partial charge in [-0.05, 0) is 57.6 Å². The summed E-state index contributed by atoms with van der Waals surface area (Å²) in [6.45, 7) is 3.95. The van der Waals surface area contributed by atoms with E-state index in [0.717, 1.165) is 56.6 Å². The zero-order chi connectivity index (χ0) is 13.9. The number of likely N-dealkylation sites (tertiary alicyclic amines) is 1. The minimum atomic E-state index is -0.269. The lowest BCUT2D eigenvalue weighted by Gasteiger charge is -2.30. The highest BCUT2D eigenvalue weighted by atomic mass is 35.5. The van der Waals surface area contributed by atoms with Crippen LogP contribution in [0.1, 0.15) is 30.9 Å². The van der Waals surface area contributed by atoms with Crippen LogP contribution >= 0.6 is 24.8 Å². The van der Waals surface area contributed by atoms with Gasteiger partial charge in [0.25, 0.3) is 0 Å². The fourth-order valence-corrected chi connectivity index (χ4v) is 2.96. The maximum absolute atomic E-state index is 13.2. The number of rotatable bonds is 4. The second-order valence-electron chi connectivity index (χ2n) is 5.47. The van der Waals surface area contributed by atoms with Crippen LogP contribution in [-0.2, 0) is 0 Å². The van der Waals surface area contributed by atoms with E-state index in [-0.39, 0.29) is 30.6 Å². The van der Waals surface area contributed by atoms with Gasteiger partial charge < -0.3 is 15.2 Å². The Bertz CT molecular complexity index is 585. The van der Waals surface area contributed by atoms with Crippen molar-refractivity contribution in [1.29, 1.82) is 0 Å². The van der Waals surface area contributed by atoms with Gasteiger partial charge in [0.05, 0.1) is 0 Å². The summed E-state index contributed by atoms with van der Waals surface area (Å²) in [4.78, 5) is 2.45. The van der Waals surface area contributed by atoms with Crippen molar-refractivity contribution in [3.63, 3.8) is 0 Å². The Kier molecular flexibility index (Phi) is 7.56. The van der Waals surface area contributed by atoms with Gasteiger partial charge in [-0.1, -0.05) is 5.16 Å². The standard InChI is InChI=1S/C15H20FN3O.2ClH/c16-12-2-3-13-14(10-12)18-20-15(13)11-4-8-19(9-5-11)7-1-6-17;;/h2-3,10-11H,1,4-9,17H2;2*1H. The Balaban J connectivity index is 0.00000121. The average molecular weight is 350 g/mol. The molecule has 1 fully saturated rings. The molecule has 0 saturated carbocycles. The molecule has 0 radical (unpaired) electrons. The topological polar surface area (TPSA) is 55.3 Å². The third-order valence-electron chi connectivity index (χ3n) is 4.10. The van der Waals surface area contributed by atoms with Gasteiger partial charge >= 0.3 is 0 Å². The fraction of sp³-hybridized carbons (Fsp3) is 0.533. The molecule has 4 nitrogen and oxygen atoms in total. The molecule has 0 unspecified atom stereocenters. The van der Waals surface area contributed by atoms with Crippen LogP contribution in [0.3, 0.4) is 0 Å². The molecule has 0 bridgehead atoms. The number of fused-ring (bicyclic) bond motifs is 1. The van der Waals surface area contributed by atoms with E-state index in [0.29, 0.717) is 11.4 Å². The van der Waals surface area contributed by atoms with Gasteiger partial charge in [0.2, 0.25) is 0 Å². The lowest BCUT2D eigenvalue weighted by Crippen LogP contribution is -2.34. The molecule has 1 aliphatic rings. The minimum Gasteiger partial charge on any atom is -0.360 e. The zero-order valence-electron chi connectivity index (χ0n) is 12.3. The van der Waals surface area contributed by atoms with E-state index in [2.05, 4.69) is 10.1 Å². The highest BCUT2D eigenvalue weighted by molar-refractivity contribution is 5.85. The zero-order valence-corrected chi connectivity index (χ0v) is 14.0. The van der Waals surface area contributed by atoms with Crippen molar-refractivity contribution in [2.45, 2.75) is 25.2 Å². The largest absolute Gasteiger partial charge is 0.360 e. The molecule has 7 heteroatoms. The molecule has 0 amide bonds. The average Bonchev–Trinajstić information content (AvgIpc) is 2.88. The maximum atomic E-state index is 13.2. The smallest absolute Gasteiger partial charge is 0.147 e. The molecule has 1 saturated heterocycles. The van der Waals surface area contributed by atoms with E-state index in [1.54, 1.807) is 6.07 Å². The first-order valence-electron chi connectivity index (χ1n) is 7.25. The van der Waals surface area contributed by atoms with Crippen molar-refractivity contribution in [1.82, 2.24) is 10.1 Å². The normalized spacial score (nSPS) is 16.3. The van der Waals surface area contributed by atoms with Crippen LogP contribution in [-0.4, -0.2) is 36.2 Å². The Labute approximate surface area is 142 Å². The molecule has 124 valence electrons. The SMILES string of the molecule is Cl.Cl.NCCCN1CCC(c2onc3cc(F)ccc23)CC1. The van der Waals surface area contributed by atoms with Gasteiger partial charge in [0.15, 0.2) is 0 Å².